The van der Waals surface area contributed by atoms with Gasteiger partial charge in [-0.2, -0.15) is 0 Å². The van der Waals surface area contributed by atoms with Crippen LogP contribution < -0.4 is 30.0 Å². The molecule has 0 unspecified atom stereocenters. The van der Waals surface area contributed by atoms with Crippen molar-refractivity contribution in [2.45, 2.75) is 6.54 Å². The van der Waals surface area contributed by atoms with Crippen LogP contribution in [0.5, 0.6) is 23.0 Å². The smallest absolute Gasteiger partial charge is 0.263 e. The summed E-state index contributed by atoms with van der Waals surface area (Å²) >= 11 is 1.27. The van der Waals surface area contributed by atoms with Gasteiger partial charge < -0.3 is 30.0 Å². The zero-order chi connectivity index (χ0) is 20.9. The molecule has 8 nitrogen and oxygen atoms in total. The molecule has 4 aromatic rings. The Morgan fingerprint density at radius 2 is 1.77 bits per heavy atom. The lowest BCUT2D eigenvalue weighted by Crippen LogP contribution is -2.22. The molecule has 2 aliphatic heterocycles. The fraction of sp³-hybridized carbons (Fsp3) is 0.182. The number of nitrogen functional groups attached to an aromatic ring is 1. The van der Waals surface area contributed by atoms with Crippen molar-refractivity contribution < 1.29 is 23.7 Å². The first-order chi connectivity index (χ1) is 15.2. The van der Waals surface area contributed by atoms with E-state index in [4.69, 9.17) is 29.7 Å². The van der Waals surface area contributed by atoms with Gasteiger partial charge in [0.05, 0.1) is 11.2 Å². The summed E-state index contributed by atoms with van der Waals surface area (Å²) in [6.45, 7) is 1.59. The van der Waals surface area contributed by atoms with E-state index in [-0.39, 0.29) is 12.7 Å². The number of pyridine rings is 1. The molecule has 4 heterocycles. The average Bonchev–Trinajstić information content (AvgIpc) is 3.38. The van der Waals surface area contributed by atoms with Crippen molar-refractivity contribution >= 4 is 44.1 Å². The molecule has 0 radical (unpaired) electrons. The van der Waals surface area contributed by atoms with Crippen molar-refractivity contribution in [1.82, 2.24) is 10.3 Å². The minimum absolute atomic E-state index is 0.214. The molecule has 2 aromatic carbocycles. The summed E-state index contributed by atoms with van der Waals surface area (Å²) in [4.78, 5) is 18.7. The zero-order valence-electron chi connectivity index (χ0n) is 16.3. The number of hydrogen-bond donors (Lipinski definition) is 2. The van der Waals surface area contributed by atoms with Gasteiger partial charge in [0.2, 0.25) is 6.79 Å². The molecule has 3 N–H and O–H groups in total. The lowest BCUT2D eigenvalue weighted by Gasteiger charge is -2.18. The Labute approximate surface area is 180 Å². The van der Waals surface area contributed by atoms with Crippen LogP contribution in [0.1, 0.15) is 15.2 Å². The molecule has 2 aromatic heterocycles. The van der Waals surface area contributed by atoms with Crippen molar-refractivity contribution in [3.63, 3.8) is 0 Å². The van der Waals surface area contributed by atoms with Crippen LogP contribution in [0.2, 0.25) is 0 Å². The third-order valence-corrected chi connectivity index (χ3v) is 6.39. The second kappa shape index (κ2) is 6.92. The topological polar surface area (TPSA) is 105 Å². The van der Waals surface area contributed by atoms with Crippen LogP contribution in [0.15, 0.2) is 36.4 Å². The van der Waals surface area contributed by atoms with Crippen LogP contribution in [0, 0.1) is 0 Å². The number of nitrogens with two attached hydrogens (primary N) is 1. The summed E-state index contributed by atoms with van der Waals surface area (Å²) in [6.07, 6.45) is 0. The van der Waals surface area contributed by atoms with Crippen LogP contribution in [-0.2, 0) is 6.54 Å². The van der Waals surface area contributed by atoms with E-state index in [9.17, 15) is 4.79 Å². The molecule has 0 spiro atoms. The zero-order valence-corrected chi connectivity index (χ0v) is 17.1. The van der Waals surface area contributed by atoms with E-state index in [1.807, 2.05) is 36.4 Å². The third kappa shape index (κ3) is 3.05. The normalized spacial score (nSPS) is 14.2. The fourth-order valence-corrected chi connectivity index (χ4v) is 4.72. The second-order valence-electron chi connectivity index (χ2n) is 7.24. The second-order valence-corrected chi connectivity index (χ2v) is 8.24. The SMILES string of the molecule is Nc1c(C(=O)NCc2ccc3c(c2)OCO3)sc2nc3cc4c(cc3cc12)OCCO4. The van der Waals surface area contributed by atoms with Crippen molar-refractivity contribution in [3.8, 4) is 23.0 Å². The van der Waals surface area contributed by atoms with Crippen LogP contribution in [0.3, 0.4) is 0 Å². The molecule has 2 aliphatic rings. The minimum atomic E-state index is -0.242. The van der Waals surface area contributed by atoms with Crippen LogP contribution in [0.25, 0.3) is 21.1 Å². The fourth-order valence-electron chi connectivity index (χ4n) is 3.72. The largest absolute Gasteiger partial charge is 0.486 e. The first kappa shape index (κ1) is 18.1. The number of fused-ring (bicyclic) bond motifs is 4. The first-order valence-electron chi connectivity index (χ1n) is 9.75. The highest BCUT2D eigenvalue weighted by atomic mass is 32.1. The van der Waals surface area contributed by atoms with Gasteiger partial charge in [-0.15, -0.1) is 11.3 Å². The Morgan fingerprint density at radius 3 is 2.65 bits per heavy atom. The van der Waals surface area contributed by atoms with Crippen LogP contribution >= 0.6 is 11.3 Å². The highest BCUT2D eigenvalue weighted by molar-refractivity contribution is 7.21. The molecule has 0 atom stereocenters. The van der Waals surface area contributed by atoms with Crippen LogP contribution in [-0.4, -0.2) is 30.9 Å². The average molecular weight is 435 g/mol. The Morgan fingerprint density at radius 1 is 1.00 bits per heavy atom. The number of aromatic nitrogens is 1. The molecular weight excluding hydrogens is 418 g/mol. The van der Waals surface area contributed by atoms with E-state index < -0.39 is 0 Å². The van der Waals surface area contributed by atoms with Gasteiger partial charge in [0.15, 0.2) is 23.0 Å². The summed E-state index contributed by atoms with van der Waals surface area (Å²) in [6, 6.07) is 11.3. The van der Waals surface area contributed by atoms with Crippen molar-refractivity contribution in [3.05, 3.63) is 46.8 Å². The Hall–Kier alpha value is -3.72. The lowest BCUT2D eigenvalue weighted by molar-refractivity contribution is 0.0955. The minimum Gasteiger partial charge on any atom is -0.486 e. The van der Waals surface area contributed by atoms with Crippen molar-refractivity contribution in [2.75, 3.05) is 25.7 Å². The quantitative estimate of drug-likeness (QED) is 0.508. The Balaban J connectivity index is 1.30. The molecule has 6 rings (SSSR count). The number of amides is 1. The summed E-state index contributed by atoms with van der Waals surface area (Å²) in [5, 5.41) is 4.56. The van der Waals surface area contributed by atoms with Gasteiger partial charge in [0, 0.05) is 23.4 Å². The van der Waals surface area contributed by atoms with Gasteiger partial charge >= 0.3 is 0 Å². The highest BCUT2D eigenvalue weighted by Crippen LogP contribution is 2.39. The third-order valence-electron chi connectivity index (χ3n) is 5.27. The van der Waals surface area contributed by atoms with Gasteiger partial charge in [0.1, 0.15) is 22.9 Å². The first-order valence-corrected chi connectivity index (χ1v) is 10.6. The molecule has 0 aliphatic carbocycles. The van der Waals surface area contributed by atoms with Gasteiger partial charge in [0.25, 0.3) is 5.91 Å². The molecule has 156 valence electrons. The number of thiophene rings is 1. The number of rotatable bonds is 3. The number of carbonyl (C=O) groups is 1. The number of hydrogen-bond acceptors (Lipinski definition) is 8. The predicted molar refractivity (Wildman–Crippen MR) is 116 cm³/mol. The van der Waals surface area contributed by atoms with Gasteiger partial charge in [-0.1, -0.05) is 6.07 Å². The van der Waals surface area contributed by atoms with Gasteiger partial charge in [-0.05, 0) is 29.8 Å². The molecular formula is C22H17N3O5S. The maximum atomic E-state index is 12.8. The molecule has 1 amide bonds. The van der Waals surface area contributed by atoms with Gasteiger partial charge in [-0.3, -0.25) is 4.79 Å². The van der Waals surface area contributed by atoms with E-state index in [0.29, 0.717) is 58.2 Å². The number of ether oxygens (including phenoxy) is 4. The summed E-state index contributed by atoms with van der Waals surface area (Å²) in [7, 11) is 0. The van der Waals surface area contributed by atoms with E-state index >= 15 is 0 Å². The number of nitrogens with zero attached hydrogens (tertiary/aromatic N) is 1. The summed E-state index contributed by atoms with van der Waals surface area (Å²) in [5.74, 6) is 2.51. The number of benzene rings is 2. The number of anilines is 1. The van der Waals surface area contributed by atoms with Gasteiger partial charge in [-0.25, -0.2) is 4.98 Å². The van der Waals surface area contributed by atoms with E-state index in [2.05, 4.69) is 5.32 Å². The van der Waals surface area contributed by atoms with Crippen molar-refractivity contribution in [2.24, 2.45) is 0 Å². The molecule has 0 fully saturated rings. The Kier molecular flexibility index (Phi) is 4.03. The Bertz CT molecular complexity index is 1370. The maximum absolute atomic E-state index is 12.8. The summed E-state index contributed by atoms with van der Waals surface area (Å²) < 4.78 is 22.0. The van der Waals surface area contributed by atoms with Crippen LogP contribution in [0.4, 0.5) is 5.69 Å². The van der Waals surface area contributed by atoms with Crippen molar-refractivity contribution in [1.29, 1.82) is 0 Å². The highest BCUT2D eigenvalue weighted by Gasteiger charge is 2.20. The lowest BCUT2D eigenvalue weighted by atomic mass is 10.1. The standard InChI is InChI=1S/C22H17N3O5S/c23-19-13-6-12-7-17-18(28-4-3-27-17)8-14(12)25-22(13)31-20(19)21(26)24-9-11-1-2-15-16(5-11)30-10-29-15/h1-2,5-8H,3-4,9-10,23H2,(H,24,26). The predicted octanol–water partition coefficient (Wildman–Crippen LogP) is 3.46. The molecule has 0 saturated heterocycles. The number of carbonyl (C=O) groups excluding carboxylic acids is 1. The van der Waals surface area contributed by atoms with E-state index in [1.165, 1.54) is 11.3 Å². The molecule has 31 heavy (non-hydrogen) atoms. The molecule has 0 saturated carbocycles. The maximum Gasteiger partial charge on any atom is 0.263 e. The molecule has 9 heteroatoms. The van der Waals surface area contributed by atoms with E-state index in [1.54, 1.807) is 0 Å². The monoisotopic (exact) mass is 435 g/mol. The van der Waals surface area contributed by atoms with E-state index in [0.717, 1.165) is 21.9 Å². The summed E-state index contributed by atoms with van der Waals surface area (Å²) in [5.41, 5.74) is 8.43. The molecule has 0 bridgehead atoms. The number of nitrogens with one attached hydrogen (secondary N) is 1.